The first kappa shape index (κ1) is 27.6. The first-order valence-electron chi connectivity index (χ1n) is 11.6. The normalized spacial score (nSPS) is 32.6. The average molecular weight is 558 g/mol. The topological polar surface area (TPSA) is 169 Å². The lowest BCUT2D eigenvalue weighted by molar-refractivity contribution is -0.172. The quantitative estimate of drug-likeness (QED) is 0.228. The summed E-state index contributed by atoms with van der Waals surface area (Å²) in [6.45, 7) is 0.107. The number of alkyl halides is 3. The van der Waals surface area contributed by atoms with E-state index in [1.165, 1.54) is 0 Å². The molecule has 1 saturated carbocycles. The Kier molecular flexibility index (Phi) is 7.22. The Balaban J connectivity index is 1.30. The van der Waals surface area contributed by atoms with Gasteiger partial charge in [-0.3, -0.25) is 23.7 Å². The number of hydrogen-bond acceptors (Lipinski definition) is 11. The molecule has 4 aliphatic rings. The molecule has 0 aromatic rings. The second kappa shape index (κ2) is 9.69. The van der Waals surface area contributed by atoms with Gasteiger partial charge in [-0.1, -0.05) is 0 Å². The van der Waals surface area contributed by atoms with Crippen molar-refractivity contribution in [3.05, 3.63) is 0 Å². The Hall–Kier alpha value is -2.46. The summed E-state index contributed by atoms with van der Waals surface area (Å²) < 4.78 is 95.3. The summed E-state index contributed by atoms with van der Waals surface area (Å²) in [5.41, 5.74) is -0.669. The lowest BCUT2D eigenvalue weighted by Gasteiger charge is -2.31. The molecule has 208 valence electrons. The molecule has 0 aromatic carbocycles. The van der Waals surface area contributed by atoms with Crippen molar-refractivity contribution in [3.63, 3.8) is 0 Å². The van der Waals surface area contributed by atoms with Gasteiger partial charge in [-0.05, 0) is 32.6 Å². The van der Waals surface area contributed by atoms with Crippen LogP contribution in [0.15, 0.2) is 0 Å². The van der Waals surface area contributed by atoms with Crippen LogP contribution in [0, 0.1) is 11.8 Å². The highest BCUT2D eigenvalue weighted by Gasteiger charge is 2.72. The molecular weight excluding hydrogens is 533 g/mol. The van der Waals surface area contributed by atoms with E-state index in [-0.39, 0.29) is 0 Å². The summed E-state index contributed by atoms with van der Waals surface area (Å²) in [6.07, 6.45) is -5.78. The summed E-state index contributed by atoms with van der Waals surface area (Å²) >= 11 is 0. The van der Waals surface area contributed by atoms with E-state index in [4.69, 9.17) is 23.5 Å². The monoisotopic (exact) mass is 558 g/mol. The first-order valence-corrected chi connectivity index (χ1v) is 13.0. The van der Waals surface area contributed by atoms with Gasteiger partial charge in [0.25, 0.3) is 0 Å². The van der Waals surface area contributed by atoms with Crippen LogP contribution >= 0.6 is 0 Å². The van der Waals surface area contributed by atoms with E-state index >= 15 is 0 Å². The number of carbonyl (C=O) groups excluding carboxylic acids is 4. The summed E-state index contributed by atoms with van der Waals surface area (Å²) in [7, 11) is -6.08. The van der Waals surface area contributed by atoms with E-state index in [1.807, 2.05) is 0 Å². The fourth-order valence-corrected chi connectivity index (χ4v) is 5.58. The molecular formula is C21H25F3O12S. The van der Waals surface area contributed by atoms with Crippen LogP contribution in [0.3, 0.4) is 0 Å². The van der Waals surface area contributed by atoms with Crippen LogP contribution in [0.25, 0.3) is 0 Å². The summed E-state index contributed by atoms with van der Waals surface area (Å²) in [4.78, 5) is 49.4. The van der Waals surface area contributed by atoms with Gasteiger partial charge in [0, 0.05) is 0 Å². The molecule has 1 N–H and O–H groups in total. The van der Waals surface area contributed by atoms with Crippen molar-refractivity contribution in [2.24, 2.45) is 11.8 Å². The zero-order valence-electron chi connectivity index (χ0n) is 19.5. The molecule has 7 unspecified atom stereocenters. The van der Waals surface area contributed by atoms with Crippen LogP contribution in [-0.4, -0.2) is 84.9 Å². The number of fused-ring (bicyclic) bond motifs is 1. The van der Waals surface area contributed by atoms with E-state index < -0.39 is 107 Å². The Labute approximate surface area is 208 Å². The van der Waals surface area contributed by atoms with Gasteiger partial charge >= 0.3 is 39.2 Å². The minimum atomic E-state index is -6.08. The fourth-order valence-electron chi connectivity index (χ4n) is 5.19. The third kappa shape index (κ3) is 5.14. The van der Waals surface area contributed by atoms with Crippen LogP contribution in [0.2, 0.25) is 0 Å². The maximum Gasteiger partial charge on any atom is 0.403 e. The minimum Gasteiger partial charge on any atom is -0.462 e. The van der Waals surface area contributed by atoms with Gasteiger partial charge in [-0.2, -0.15) is 17.2 Å². The molecule has 2 bridgehead atoms. The highest BCUT2D eigenvalue weighted by atomic mass is 32.2. The smallest absolute Gasteiger partial charge is 0.403 e. The standard InChI is InChI=1S/C21H25F3O12S/c1-20(6-2-3-7-20)36-19(28)13-12-14-17(35-18(12)27)16(15(13)34-14)33-11(26)5-4-10(25)32-8-9(22)21(23,24)37(29,30)31/h9,12-17H,2-8H2,1H3,(H,29,30,31). The van der Waals surface area contributed by atoms with Crippen LogP contribution in [0.5, 0.6) is 0 Å². The fraction of sp³-hybridized carbons (Fsp3) is 0.810. The number of carbonyl (C=O) groups is 4. The zero-order chi connectivity index (χ0) is 27.3. The molecule has 0 radical (unpaired) electrons. The van der Waals surface area contributed by atoms with Crippen molar-refractivity contribution in [3.8, 4) is 0 Å². The molecule has 0 spiro atoms. The van der Waals surface area contributed by atoms with E-state index in [9.17, 15) is 40.8 Å². The van der Waals surface area contributed by atoms with Gasteiger partial charge in [0.1, 0.15) is 36.3 Å². The SMILES string of the molecule is CC1(OC(=O)C2C3OC4C(OC(=O)C42)C3OC(=O)CCC(=O)OCC(F)C(F)(F)S(=O)(=O)O)CCCC1. The van der Waals surface area contributed by atoms with Crippen molar-refractivity contribution < 1.29 is 69.0 Å². The number of rotatable bonds is 10. The van der Waals surface area contributed by atoms with E-state index in [0.29, 0.717) is 12.8 Å². The number of halogens is 3. The summed E-state index contributed by atoms with van der Waals surface area (Å²) in [6, 6.07) is 0. The highest BCUT2D eigenvalue weighted by Crippen LogP contribution is 2.52. The van der Waals surface area contributed by atoms with Crippen molar-refractivity contribution in [1.29, 1.82) is 0 Å². The number of ether oxygens (including phenoxy) is 5. The Bertz CT molecular complexity index is 1070. The molecule has 7 atom stereocenters. The summed E-state index contributed by atoms with van der Waals surface area (Å²) in [5.74, 6) is -5.62. The van der Waals surface area contributed by atoms with Crippen LogP contribution < -0.4 is 0 Å². The second-order valence-corrected chi connectivity index (χ2v) is 11.2. The molecule has 0 amide bonds. The van der Waals surface area contributed by atoms with E-state index in [0.717, 1.165) is 12.8 Å². The molecule has 37 heavy (non-hydrogen) atoms. The zero-order valence-corrected chi connectivity index (χ0v) is 20.3. The lowest BCUT2D eigenvalue weighted by Crippen LogP contribution is -2.49. The average Bonchev–Trinajstić information content (AvgIpc) is 3.53. The van der Waals surface area contributed by atoms with Crippen LogP contribution in [0.4, 0.5) is 13.2 Å². The molecule has 3 heterocycles. The maximum absolute atomic E-state index is 13.4. The lowest BCUT2D eigenvalue weighted by atomic mass is 9.78. The molecule has 1 aliphatic carbocycles. The molecule has 0 aromatic heterocycles. The predicted molar refractivity (Wildman–Crippen MR) is 110 cm³/mol. The molecule has 4 rings (SSSR count). The molecule has 16 heteroatoms. The predicted octanol–water partition coefficient (Wildman–Crippen LogP) is 0.855. The van der Waals surface area contributed by atoms with Crippen molar-refractivity contribution in [1.82, 2.24) is 0 Å². The Morgan fingerprint density at radius 2 is 1.76 bits per heavy atom. The van der Waals surface area contributed by atoms with Gasteiger partial charge in [-0.25, -0.2) is 4.39 Å². The van der Waals surface area contributed by atoms with Gasteiger partial charge in [-0.15, -0.1) is 0 Å². The number of esters is 4. The van der Waals surface area contributed by atoms with Crippen LogP contribution in [-0.2, 0) is 53.0 Å². The maximum atomic E-state index is 13.4. The highest BCUT2D eigenvalue weighted by molar-refractivity contribution is 7.86. The van der Waals surface area contributed by atoms with Crippen molar-refractivity contribution in [2.75, 3.05) is 6.61 Å². The minimum absolute atomic E-state index is 0.657. The first-order chi connectivity index (χ1) is 17.1. The van der Waals surface area contributed by atoms with E-state index in [2.05, 4.69) is 4.74 Å². The Morgan fingerprint density at radius 1 is 1.14 bits per heavy atom. The molecule has 12 nitrogen and oxygen atoms in total. The van der Waals surface area contributed by atoms with Gasteiger partial charge < -0.3 is 23.7 Å². The third-order valence-electron chi connectivity index (χ3n) is 7.09. The second-order valence-electron chi connectivity index (χ2n) is 9.74. The van der Waals surface area contributed by atoms with Crippen molar-refractivity contribution in [2.45, 2.75) is 86.9 Å². The third-order valence-corrected chi connectivity index (χ3v) is 8.03. The van der Waals surface area contributed by atoms with E-state index in [1.54, 1.807) is 6.92 Å². The van der Waals surface area contributed by atoms with Gasteiger partial charge in [0.05, 0.1) is 12.8 Å². The van der Waals surface area contributed by atoms with Gasteiger partial charge in [0.15, 0.2) is 12.2 Å². The molecule has 3 aliphatic heterocycles. The van der Waals surface area contributed by atoms with Crippen molar-refractivity contribution >= 4 is 34.0 Å². The van der Waals surface area contributed by atoms with Gasteiger partial charge in [0.2, 0.25) is 6.17 Å². The molecule has 4 fully saturated rings. The Morgan fingerprint density at radius 3 is 2.38 bits per heavy atom. The van der Waals surface area contributed by atoms with Crippen LogP contribution in [0.1, 0.15) is 45.4 Å². The molecule has 3 saturated heterocycles. The summed E-state index contributed by atoms with van der Waals surface area (Å²) in [5, 5.41) is -5.20. The largest absolute Gasteiger partial charge is 0.462 e. The number of hydrogen-bond donors (Lipinski definition) is 1.